The number of carbonyl (C=O) groups is 1. The van der Waals surface area contributed by atoms with E-state index in [2.05, 4.69) is 15.9 Å². The van der Waals surface area contributed by atoms with Gasteiger partial charge in [-0.2, -0.15) is 0 Å². The van der Waals surface area contributed by atoms with Gasteiger partial charge in [0.1, 0.15) is 0 Å². The molecule has 18 heavy (non-hydrogen) atoms. The van der Waals surface area contributed by atoms with Crippen LogP contribution in [0.25, 0.3) is 0 Å². The van der Waals surface area contributed by atoms with E-state index in [0.29, 0.717) is 23.6 Å². The van der Waals surface area contributed by atoms with Crippen molar-refractivity contribution in [3.8, 4) is 11.5 Å². The molecule has 4 nitrogen and oxygen atoms in total. The minimum absolute atomic E-state index is 0.0632. The first-order valence-electron chi connectivity index (χ1n) is 5.68. The molecule has 5 heteroatoms. The number of hydrogen-bond donors (Lipinski definition) is 0. The number of benzene rings is 1. The van der Waals surface area contributed by atoms with Crippen LogP contribution in [0, 0.1) is 0 Å². The zero-order valence-electron chi connectivity index (χ0n) is 10.9. The average Bonchev–Trinajstić information content (AvgIpc) is 2.42. The number of amides is 1. The minimum atomic E-state index is -0.0632. The topological polar surface area (TPSA) is 38.8 Å². The van der Waals surface area contributed by atoms with Crippen LogP contribution in [0.2, 0.25) is 0 Å². The highest BCUT2D eigenvalue weighted by Gasteiger charge is 2.19. The molecule has 0 saturated heterocycles. The number of nitrogens with zero attached hydrogens (tertiary/aromatic N) is 1. The summed E-state index contributed by atoms with van der Waals surface area (Å²) < 4.78 is 10.4. The molecule has 1 aromatic carbocycles. The Morgan fingerprint density at radius 2 is 2.06 bits per heavy atom. The zero-order valence-corrected chi connectivity index (χ0v) is 12.5. The number of methoxy groups -OCH3 is 2. The van der Waals surface area contributed by atoms with E-state index in [1.54, 1.807) is 37.3 Å². The maximum Gasteiger partial charge on any atom is 0.257 e. The Bertz CT molecular complexity index is 409. The van der Waals surface area contributed by atoms with Gasteiger partial charge in [0.15, 0.2) is 11.5 Å². The summed E-state index contributed by atoms with van der Waals surface area (Å²) in [7, 11) is 4.87. The summed E-state index contributed by atoms with van der Waals surface area (Å²) in [6.45, 7) is 0.699. The molecule has 0 spiro atoms. The summed E-state index contributed by atoms with van der Waals surface area (Å²) in [5.74, 6) is 0.986. The molecule has 1 amide bonds. The van der Waals surface area contributed by atoms with E-state index in [4.69, 9.17) is 9.47 Å². The molecular formula is C13H18BrNO3. The summed E-state index contributed by atoms with van der Waals surface area (Å²) in [6.07, 6.45) is 0.911. The normalized spacial score (nSPS) is 10.0. The Balaban J connectivity index is 2.97. The number of ether oxygens (including phenoxy) is 2. The van der Waals surface area contributed by atoms with Crippen molar-refractivity contribution in [2.45, 2.75) is 6.42 Å². The highest BCUT2D eigenvalue weighted by atomic mass is 79.9. The van der Waals surface area contributed by atoms with E-state index in [-0.39, 0.29) is 5.91 Å². The van der Waals surface area contributed by atoms with Crippen LogP contribution in [0.3, 0.4) is 0 Å². The van der Waals surface area contributed by atoms with Crippen LogP contribution in [0.4, 0.5) is 0 Å². The molecule has 0 saturated carbocycles. The van der Waals surface area contributed by atoms with E-state index >= 15 is 0 Å². The summed E-state index contributed by atoms with van der Waals surface area (Å²) in [5, 5.41) is 0.875. The van der Waals surface area contributed by atoms with Crippen LogP contribution in [-0.4, -0.2) is 43.9 Å². The predicted molar refractivity (Wildman–Crippen MR) is 74.9 cm³/mol. The van der Waals surface area contributed by atoms with Gasteiger partial charge in [-0.1, -0.05) is 22.0 Å². The van der Waals surface area contributed by atoms with Crippen molar-refractivity contribution >= 4 is 21.8 Å². The number of alkyl halides is 1. The van der Waals surface area contributed by atoms with Gasteiger partial charge in [0, 0.05) is 18.9 Å². The third-order valence-electron chi connectivity index (χ3n) is 2.61. The monoisotopic (exact) mass is 315 g/mol. The van der Waals surface area contributed by atoms with Crippen molar-refractivity contribution in [1.29, 1.82) is 0 Å². The highest BCUT2D eigenvalue weighted by molar-refractivity contribution is 9.09. The van der Waals surface area contributed by atoms with Gasteiger partial charge in [0.2, 0.25) is 0 Å². The van der Waals surface area contributed by atoms with Crippen molar-refractivity contribution in [3.63, 3.8) is 0 Å². The van der Waals surface area contributed by atoms with Gasteiger partial charge in [0.25, 0.3) is 5.91 Å². The highest BCUT2D eigenvalue weighted by Crippen LogP contribution is 2.31. The molecule has 0 aliphatic rings. The number of carbonyl (C=O) groups excluding carboxylic acids is 1. The molecule has 0 atom stereocenters. The quantitative estimate of drug-likeness (QED) is 0.757. The predicted octanol–water partition coefficient (Wildman–Crippen LogP) is 2.56. The molecule has 0 unspecified atom stereocenters. The molecule has 0 aliphatic carbocycles. The van der Waals surface area contributed by atoms with Gasteiger partial charge >= 0.3 is 0 Å². The van der Waals surface area contributed by atoms with Gasteiger partial charge < -0.3 is 14.4 Å². The summed E-state index contributed by atoms with van der Waals surface area (Å²) in [4.78, 5) is 14.0. The van der Waals surface area contributed by atoms with Crippen LogP contribution in [0.5, 0.6) is 11.5 Å². The zero-order chi connectivity index (χ0) is 13.5. The van der Waals surface area contributed by atoms with E-state index in [9.17, 15) is 4.79 Å². The average molecular weight is 316 g/mol. The smallest absolute Gasteiger partial charge is 0.257 e. The maximum absolute atomic E-state index is 12.3. The molecule has 0 radical (unpaired) electrons. The van der Waals surface area contributed by atoms with Gasteiger partial charge in [-0.15, -0.1) is 0 Å². The van der Waals surface area contributed by atoms with Crippen molar-refractivity contribution in [2.75, 3.05) is 33.1 Å². The fourth-order valence-electron chi connectivity index (χ4n) is 1.66. The first kappa shape index (κ1) is 14.8. The number of para-hydroxylation sites is 1. The molecule has 0 fully saturated rings. The summed E-state index contributed by atoms with van der Waals surface area (Å²) in [5.41, 5.74) is 0.522. The third-order valence-corrected chi connectivity index (χ3v) is 3.17. The van der Waals surface area contributed by atoms with Gasteiger partial charge in [-0.25, -0.2) is 0 Å². The molecule has 0 bridgehead atoms. The molecule has 1 aromatic rings. The second-order valence-electron chi connectivity index (χ2n) is 3.81. The van der Waals surface area contributed by atoms with Crippen LogP contribution >= 0.6 is 15.9 Å². The summed E-state index contributed by atoms with van der Waals surface area (Å²) >= 11 is 3.35. The van der Waals surface area contributed by atoms with E-state index in [1.165, 1.54) is 7.11 Å². The first-order chi connectivity index (χ1) is 8.65. The second kappa shape index (κ2) is 7.26. The number of rotatable bonds is 6. The van der Waals surface area contributed by atoms with Crippen molar-refractivity contribution in [1.82, 2.24) is 4.90 Å². The first-order valence-corrected chi connectivity index (χ1v) is 6.80. The van der Waals surface area contributed by atoms with E-state index in [1.807, 2.05) is 0 Å². The Labute approximate surface area is 116 Å². The molecular weight excluding hydrogens is 298 g/mol. The minimum Gasteiger partial charge on any atom is -0.493 e. The lowest BCUT2D eigenvalue weighted by Gasteiger charge is -2.19. The van der Waals surface area contributed by atoms with E-state index < -0.39 is 0 Å². The van der Waals surface area contributed by atoms with Crippen molar-refractivity contribution < 1.29 is 14.3 Å². The lowest BCUT2D eigenvalue weighted by atomic mass is 10.1. The maximum atomic E-state index is 12.3. The van der Waals surface area contributed by atoms with Crippen LogP contribution < -0.4 is 9.47 Å². The molecule has 1 rings (SSSR count). The second-order valence-corrected chi connectivity index (χ2v) is 4.60. The number of halogens is 1. The Morgan fingerprint density at radius 1 is 1.33 bits per heavy atom. The molecule has 0 aliphatic heterocycles. The standard InChI is InChI=1S/C13H18BrNO3/c1-15(9-5-8-14)13(16)10-6-4-7-11(17-2)12(10)18-3/h4,6-7H,5,8-9H2,1-3H3. The Morgan fingerprint density at radius 3 is 2.61 bits per heavy atom. The SMILES string of the molecule is COc1cccc(C(=O)N(C)CCCBr)c1OC. The van der Waals surface area contributed by atoms with Gasteiger partial charge in [-0.3, -0.25) is 4.79 Å². The Hall–Kier alpha value is -1.23. The molecule has 0 N–H and O–H groups in total. The van der Waals surface area contributed by atoms with Crippen LogP contribution in [0.1, 0.15) is 16.8 Å². The molecule has 0 heterocycles. The molecule has 0 aromatic heterocycles. The van der Waals surface area contributed by atoms with Gasteiger partial charge in [-0.05, 0) is 18.6 Å². The van der Waals surface area contributed by atoms with Crippen LogP contribution in [0.15, 0.2) is 18.2 Å². The largest absolute Gasteiger partial charge is 0.493 e. The number of hydrogen-bond acceptors (Lipinski definition) is 3. The third kappa shape index (κ3) is 3.38. The van der Waals surface area contributed by atoms with Crippen molar-refractivity contribution in [2.24, 2.45) is 0 Å². The fraction of sp³-hybridized carbons (Fsp3) is 0.462. The lowest BCUT2D eigenvalue weighted by molar-refractivity contribution is 0.0791. The lowest BCUT2D eigenvalue weighted by Crippen LogP contribution is -2.28. The summed E-state index contributed by atoms with van der Waals surface area (Å²) in [6, 6.07) is 5.30. The van der Waals surface area contributed by atoms with Crippen molar-refractivity contribution in [3.05, 3.63) is 23.8 Å². The fourth-order valence-corrected chi connectivity index (χ4v) is 1.91. The molecule has 100 valence electrons. The van der Waals surface area contributed by atoms with Gasteiger partial charge in [0.05, 0.1) is 19.8 Å². The van der Waals surface area contributed by atoms with Crippen LogP contribution in [-0.2, 0) is 0 Å². The Kier molecular flexibility index (Phi) is 5.98. The van der Waals surface area contributed by atoms with E-state index in [0.717, 1.165) is 11.8 Å².